The predicted octanol–water partition coefficient (Wildman–Crippen LogP) is 4.44. The Hall–Kier alpha value is 0.300. The van der Waals surface area contributed by atoms with Crippen LogP contribution in [-0.2, 0) is 0 Å². The third-order valence-electron chi connectivity index (χ3n) is 4.87. The average molecular weight is 226 g/mol. The van der Waals surface area contributed by atoms with Gasteiger partial charge in [-0.05, 0) is 55.0 Å². The first kappa shape index (κ1) is 11.8. The van der Waals surface area contributed by atoms with Crippen LogP contribution in [0.3, 0.4) is 0 Å². The lowest BCUT2D eigenvalue weighted by Gasteiger charge is -2.47. The molecule has 0 N–H and O–H groups in total. The van der Waals surface area contributed by atoms with Crippen LogP contribution in [0.4, 0.5) is 0 Å². The molecule has 0 aromatic rings. The van der Waals surface area contributed by atoms with E-state index >= 15 is 0 Å². The lowest BCUT2D eigenvalue weighted by molar-refractivity contribution is 0.208. The molecular formula is C14H27P. The van der Waals surface area contributed by atoms with Crippen molar-refractivity contribution in [2.24, 2.45) is 11.3 Å². The van der Waals surface area contributed by atoms with Crippen molar-refractivity contribution in [2.45, 2.75) is 58.5 Å². The van der Waals surface area contributed by atoms with Crippen LogP contribution in [0.1, 0.15) is 52.9 Å². The molecule has 2 aliphatic heterocycles. The molecule has 3 atom stereocenters. The Kier molecular flexibility index (Phi) is 3.10. The van der Waals surface area contributed by atoms with E-state index in [1.807, 2.05) is 0 Å². The molecule has 2 rings (SSSR count). The minimum atomic E-state index is -0.725. The van der Waals surface area contributed by atoms with Gasteiger partial charge in [-0.25, -0.2) is 0 Å². The Morgan fingerprint density at radius 1 is 1.07 bits per heavy atom. The molecule has 2 saturated heterocycles. The highest BCUT2D eigenvalue weighted by atomic mass is 31.2. The second-order valence-electron chi connectivity index (χ2n) is 6.90. The molecule has 15 heavy (non-hydrogen) atoms. The van der Waals surface area contributed by atoms with E-state index in [1.54, 1.807) is 0 Å². The SMILES string of the molecule is C=P12CCCCC1CC(C(C)(C)C)CC2. The third kappa shape index (κ3) is 2.36. The smallest absolute Gasteiger partial charge is 0.0213 e. The Bertz CT molecular complexity index is 272. The lowest BCUT2D eigenvalue weighted by Crippen LogP contribution is -2.33. The normalized spacial score (nSPS) is 42.3. The molecule has 0 amide bonds. The zero-order chi connectivity index (χ0) is 11.1. The van der Waals surface area contributed by atoms with Crippen molar-refractivity contribution in [1.29, 1.82) is 0 Å². The molecule has 1 heteroatoms. The topological polar surface area (TPSA) is 0 Å². The van der Waals surface area contributed by atoms with E-state index in [0.29, 0.717) is 5.41 Å². The van der Waals surface area contributed by atoms with Crippen LogP contribution in [0, 0.1) is 11.3 Å². The van der Waals surface area contributed by atoms with Gasteiger partial charge in [-0.15, -0.1) is 13.2 Å². The van der Waals surface area contributed by atoms with Crippen LogP contribution < -0.4 is 0 Å². The first-order chi connectivity index (χ1) is 6.92. The molecule has 2 heterocycles. The molecule has 0 spiro atoms. The molecule has 0 radical (unpaired) electrons. The van der Waals surface area contributed by atoms with E-state index in [1.165, 1.54) is 44.4 Å². The Balaban J connectivity index is 2.09. The molecule has 88 valence electrons. The fourth-order valence-corrected chi connectivity index (χ4v) is 7.61. The zero-order valence-corrected chi connectivity index (χ0v) is 11.7. The fourth-order valence-electron chi connectivity index (χ4n) is 3.54. The molecule has 2 aliphatic rings. The molecule has 0 aromatic heterocycles. The Labute approximate surface area is 95.8 Å². The highest BCUT2D eigenvalue weighted by Gasteiger charge is 2.38. The summed E-state index contributed by atoms with van der Waals surface area (Å²) < 4.78 is 0. The van der Waals surface area contributed by atoms with E-state index in [-0.39, 0.29) is 0 Å². The van der Waals surface area contributed by atoms with E-state index in [4.69, 9.17) is 0 Å². The zero-order valence-electron chi connectivity index (χ0n) is 10.8. The molecule has 2 fully saturated rings. The standard InChI is InChI=1S/C14H27P/c1-14(2,3)12-8-10-15(4)9-6-5-7-13(15)11-12/h12-13H,4-11H2,1-3H3. The van der Waals surface area contributed by atoms with Crippen molar-refractivity contribution in [3.8, 4) is 0 Å². The summed E-state index contributed by atoms with van der Waals surface area (Å²) in [6.07, 6.45) is 15.1. The number of hydrogen-bond acceptors (Lipinski definition) is 0. The highest BCUT2D eigenvalue weighted by Crippen LogP contribution is 2.62. The average Bonchev–Trinajstić information content (AvgIpc) is 2.14. The van der Waals surface area contributed by atoms with Crippen LogP contribution in [0.5, 0.6) is 0 Å². The van der Waals surface area contributed by atoms with Crippen LogP contribution in [0.2, 0.25) is 0 Å². The van der Waals surface area contributed by atoms with Crippen molar-refractivity contribution in [2.75, 3.05) is 12.3 Å². The van der Waals surface area contributed by atoms with Gasteiger partial charge in [0.1, 0.15) is 0 Å². The van der Waals surface area contributed by atoms with Crippen molar-refractivity contribution in [1.82, 2.24) is 0 Å². The van der Waals surface area contributed by atoms with Gasteiger partial charge in [0.05, 0.1) is 0 Å². The van der Waals surface area contributed by atoms with Crippen molar-refractivity contribution < 1.29 is 0 Å². The van der Waals surface area contributed by atoms with Crippen LogP contribution in [0.25, 0.3) is 0 Å². The van der Waals surface area contributed by atoms with E-state index in [2.05, 4.69) is 27.1 Å². The van der Waals surface area contributed by atoms with Gasteiger partial charge < -0.3 is 0 Å². The fraction of sp³-hybridized carbons (Fsp3) is 0.929. The lowest BCUT2D eigenvalue weighted by atomic mass is 9.76. The van der Waals surface area contributed by atoms with Gasteiger partial charge in [0.2, 0.25) is 0 Å². The van der Waals surface area contributed by atoms with Gasteiger partial charge in [-0.2, -0.15) is 0 Å². The second kappa shape index (κ2) is 3.95. The Morgan fingerprint density at radius 2 is 1.80 bits per heavy atom. The molecule has 3 unspecified atom stereocenters. The molecule has 0 saturated carbocycles. The van der Waals surface area contributed by atoms with Crippen LogP contribution in [0.15, 0.2) is 0 Å². The van der Waals surface area contributed by atoms with Gasteiger partial charge in [-0.3, -0.25) is 0 Å². The minimum absolute atomic E-state index is 0.530. The summed E-state index contributed by atoms with van der Waals surface area (Å²) >= 11 is 0. The molecular weight excluding hydrogens is 199 g/mol. The van der Waals surface area contributed by atoms with Gasteiger partial charge in [0, 0.05) is 0 Å². The van der Waals surface area contributed by atoms with Crippen LogP contribution >= 0.6 is 6.89 Å². The molecule has 0 aromatic carbocycles. The molecule has 0 nitrogen and oxygen atoms in total. The van der Waals surface area contributed by atoms with Gasteiger partial charge in [0.15, 0.2) is 0 Å². The van der Waals surface area contributed by atoms with Crippen molar-refractivity contribution in [3.63, 3.8) is 0 Å². The van der Waals surface area contributed by atoms with Crippen molar-refractivity contribution >= 4 is 13.2 Å². The monoisotopic (exact) mass is 226 g/mol. The van der Waals surface area contributed by atoms with Crippen LogP contribution in [-0.4, -0.2) is 24.3 Å². The summed E-state index contributed by atoms with van der Waals surface area (Å²) in [6.45, 7) is 6.55. The minimum Gasteiger partial charge on any atom is -0.109 e. The largest absolute Gasteiger partial charge is 0.109 e. The quantitative estimate of drug-likeness (QED) is 0.535. The number of fused-ring (bicyclic) bond motifs is 1. The van der Waals surface area contributed by atoms with E-state index in [0.717, 1.165) is 11.6 Å². The molecule has 0 aliphatic carbocycles. The highest BCUT2D eigenvalue weighted by molar-refractivity contribution is 7.74. The summed E-state index contributed by atoms with van der Waals surface area (Å²) in [5.41, 5.74) is 1.58. The second-order valence-corrected chi connectivity index (χ2v) is 11.0. The Morgan fingerprint density at radius 3 is 2.47 bits per heavy atom. The maximum atomic E-state index is 4.68. The number of rotatable bonds is 0. The third-order valence-corrected chi connectivity index (χ3v) is 9.24. The number of hydrogen-bond donors (Lipinski definition) is 0. The summed E-state index contributed by atoms with van der Waals surface area (Å²) in [5, 5.41) is 0. The van der Waals surface area contributed by atoms with Gasteiger partial charge in [-0.1, -0.05) is 27.2 Å². The van der Waals surface area contributed by atoms with Crippen molar-refractivity contribution in [3.05, 3.63) is 0 Å². The van der Waals surface area contributed by atoms with E-state index in [9.17, 15) is 0 Å². The molecule has 0 bridgehead atoms. The van der Waals surface area contributed by atoms with E-state index < -0.39 is 6.89 Å². The van der Waals surface area contributed by atoms with Gasteiger partial charge in [0.25, 0.3) is 0 Å². The summed E-state index contributed by atoms with van der Waals surface area (Å²) in [6, 6.07) is 0. The summed E-state index contributed by atoms with van der Waals surface area (Å²) in [7, 11) is 0. The van der Waals surface area contributed by atoms with Gasteiger partial charge >= 0.3 is 0 Å². The predicted molar refractivity (Wildman–Crippen MR) is 73.6 cm³/mol. The first-order valence-electron chi connectivity index (χ1n) is 6.63. The summed E-state index contributed by atoms with van der Waals surface area (Å²) in [4.78, 5) is 0. The first-order valence-corrected chi connectivity index (χ1v) is 9.04. The maximum Gasteiger partial charge on any atom is -0.0213 e. The maximum absolute atomic E-state index is 4.68. The summed E-state index contributed by atoms with van der Waals surface area (Å²) in [5.74, 6) is 0.968.